The Morgan fingerprint density at radius 1 is 1.17 bits per heavy atom. The van der Waals surface area contributed by atoms with Crippen molar-refractivity contribution >= 4 is 17.5 Å². The zero-order chi connectivity index (χ0) is 25.2. The Bertz CT molecular complexity index is 1180. The van der Waals surface area contributed by atoms with Crippen molar-refractivity contribution in [3.05, 3.63) is 88.0 Å². The van der Waals surface area contributed by atoms with Crippen molar-refractivity contribution in [1.82, 2.24) is 19.8 Å². The average molecular weight is 505 g/mol. The minimum atomic E-state index is -4.40. The van der Waals surface area contributed by atoms with Crippen LogP contribution in [0, 0.1) is 0 Å². The summed E-state index contributed by atoms with van der Waals surface area (Å²) in [4.78, 5) is 19.8. The maximum atomic E-state index is 13.3. The van der Waals surface area contributed by atoms with Gasteiger partial charge in [-0.3, -0.25) is 9.69 Å². The van der Waals surface area contributed by atoms with Crippen molar-refractivity contribution in [2.45, 2.75) is 51.0 Å². The molecule has 35 heavy (non-hydrogen) atoms. The summed E-state index contributed by atoms with van der Waals surface area (Å²) in [6.07, 6.45) is -2.82. The first kappa shape index (κ1) is 25.3. The van der Waals surface area contributed by atoms with E-state index in [2.05, 4.69) is 19.8 Å². The molecular weight excluding hydrogens is 477 g/mol. The highest BCUT2D eigenvalue weighted by atomic mass is 35.5. The highest BCUT2D eigenvalue weighted by Gasteiger charge is 2.39. The molecule has 0 radical (unpaired) electrons. The molecule has 0 aliphatic carbocycles. The van der Waals surface area contributed by atoms with Gasteiger partial charge in [-0.2, -0.15) is 13.2 Å². The van der Waals surface area contributed by atoms with E-state index in [4.69, 9.17) is 11.6 Å². The van der Waals surface area contributed by atoms with Crippen LogP contribution in [0.4, 0.5) is 13.2 Å². The number of fused-ring (bicyclic) bond motifs is 1. The molecule has 1 amide bonds. The topological polar surface area (TPSA) is 50.2 Å². The van der Waals surface area contributed by atoms with Crippen LogP contribution in [0.2, 0.25) is 5.15 Å². The van der Waals surface area contributed by atoms with Gasteiger partial charge in [0, 0.05) is 26.6 Å². The van der Waals surface area contributed by atoms with Gasteiger partial charge >= 0.3 is 6.18 Å². The van der Waals surface area contributed by atoms with E-state index in [0.29, 0.717) is 43.1 Å². The Morgan fingerprint density at radius 3 is 2.57 bits per heavy atom. The number of likely N-dealkylation sites (N-methyl/N-ethyl adjacent to an activating group) is 1. The number of aryl methyl sites for hydroxylation is 2. The van der Waals surface area contributed by atoms with Crippen molar-refractivity contribution in [3.8, 4) is 0 Å². The van der Waals surface area contributed by atoms with E-state index in [1.807, 2.05) is 37.3 Å². The summed E-state index contributed by atoms with van der Waals surface area (Å²) < 4.78 is 41.9. The van der Waals surface area contributed by atoms with Gasteiger partial charge < -0.3 is 9.88 Å². The fraction of sp³-hybridized carbons (Fsp3) is 0.385. The molecule has 0 unspecified atom stereocenters. The molecule has 0 saturated heterocycles. The minimum Gasteiger partial charge on any atom is -0.358 e. The van der Waals surface area contributed by atoms with Gasteiger partial charge in [-0.15, -0.1) is 0 Å². The second-order valence-corrected chi connectivity index (χ2v) is 8.99. The average Bonchev–Trinajstić information content (AvgIpc) is 3.19. The molecule has 1 aliphatic heterocycles. The molecule has 2 aromatic carbocycles. The Kier molecular flexibility index (Phi) is 7.52. The fourth-order valence-electron chi connectivity index (χ4n) is 4.93. The number of halogens is 4. The number of hydrogen-bond acceptors (Lipinski definition) is 3. The number of nitrogens with one attached hydrogen (secondary N) is 1. The molecular formula is C26H28ClF3N4O. The molecule has 0 saturated carbocycles. The van der Waals surface area contributed by atoms with Gasteiger partial charge in [0.25, 0.3) is 0 Å². The molecule has 5 nitrogen and oxygen atoms in total. The monoisotopic (exact) mass is 504 g/mol. The zero-order valence-corrected chi connectivity index (χ0v) is 20.4. The predicted molar refractivity (Wildman–Crippen MR) is 129 cm³/mol. The van der Waals surface area contributed by atoms with Crippen molar-refractivity contribution in [2.75, 3.05) is 13.6 Å². The van der Waals surface area contributed by atoms with Crippen LogP contribution >= 0.6 is 11.6 Å². The van der Waals surface area contributed by atoms with Gasteiger partial charge in [0.2, 0.25) is 5.91 Å². The van der Waals surface area contributed by atoms with Crippen LogP contribution in [-0.2, 0) is 30.4 Å². The number of alkyl halides is 3. The summed E-state index contributed by atoms with van der Waals surface area (Å²) in [5.74, 6) is 0.713. The molecule has 186 valence electrons. The number of carbonyl (C=O) groups is 1. The molecule has 2 heterocycles. The normalized spacial score (nSPS) is 17.1. The summed E-state index contributed by atoms with van der Waals surface area (Å²) >= 11 is 6.62. The number of carbonyl (C=O) groups excluding carboxylic acids is 1. The maximum Gasteiger partial charge on any atom is 0.416 e. The quantitative estimate of drug-likeness (QED) is 0.456. The Hall–Kier alpha value is -2.84. The first-order valence-electron chi connectivity index (χ1n) is 11.7. The standard InChI is InChI=1S/C26H28ClF3N4O/c1-3-21-32-24(27)23-20(13-12-17-8-7-11-19(16-17)26(28,29)30)33(14-15-34(21)23)22(25(35)31-2)18-9-5-4-6-10-18/h4-11,16,20,22H,3,12-15H2,1-2H3,(H,31,35)/t20-,22+/m0/s1. The number of benzene rings is 2. The predicted octanol–water partition coefficient (Wildman–Crippen LogP) is 5.59. The lowest BCUT2D eigenvalue weighted by Crippen LogP contribution is -2.46. The smallest absolute Gasteiger partial charge is 0.358 e. The molecule has 3 aromatic rings. The second kappa shape index (κ2) is 10.4. The molecule has 1 aliphatic rings. The highest BCUT2D eigenvalue weighted by Crippen LogP contribution is 2.40. The third-order valence-electron chi connectivity index (χ3n) is 6.56. The van der Waals surface area contributed by atoms with Crippen molar-refractivity contribution in [2.24, 2.45) is 0 Å². The lowest BCUT2D eigenvalue weighted by atomic mass is 9.95. The van der Waals surface area contributed by atoms with Crippen LogP contribution in [0.1, 0.15) is 53.6 Å². The summed E-state index contributed by atoms with van der Waals surface area (Å²) in [6.45, 7) is 3.21. The van der Waals surface area contributed by atoms with Crippen LogP contribution in [0.3, 0.4) is 0 Å². The number of hydrogen-bond donors (Lipinski definition) is 1. The number of imidazole rings is 1. The first-order valence-corrected chi connectivity index (χ1v) is 12.1. The van der Waals surface area contributed by atoms with Crippen molar-refractivity contribution in [3.63, 3.8) is 0 Å². The third kappa shape index (κ3) is 5.23. The Morgan fingerprint density at radius 2 is 1.91 bits per heavy atom. The molecule has 9 heteroatoms. The van der Waals surface area contributed by atoms with Crippen LogP contribution < -0.4 is 5.32 Å². The Balaban J connectivity index is 1.73. The van der Waals surface area contributed by atoms with Crippen LogP contribution in [-0.4, -0.2) is 34.0 Å². The molecule has 0 spiro atoms. The minimum absolute atomic E-state index is 0.153. The van der Waals surface area contributed by atoms with E-state index >= 15 is 0 Å². The highest BCUT2D eigenvalue weighted by molar-refractivity contribution is 6.30. The SMILES string of the molecule is CCc1nc(Cl)c2n1CCN([C@@H](C(=O)NC)c1ccccc1)[C@H]2CCc1cccc(C(F)(F)F)c1. The van der Waals surface area contributed by atoms with E-state index in [0.717, 1.165) is 23.1 Å². The van der Waals surface area contributed by atoms with Crippen LogP contribution in [0.25, 0.3) is 0 Å². The number of aromatic nitrogens is 2. The Labute approximate surface area is 207 Å². The number of nitrogens with zero attached hydrogens (tertiary/aromatic N) is 3. The number of amides is 1. The molecule has 0 fully saturated rings. The summed E-state index contributed by atoms with van der Waals surface area (Å²) in [5.41, 5.74) is 1.57. The van der Waals surface area contributed by atoms with Gasteiger partial charge in [-0.05, 0) is 30.0 Å². The second-order valence-electron chi connectivity index (χ2n) is 8.63. The molecule has 1 N–H and O–H groups in total. The lowest BCUT2D eigenvalue weighted by Gasteiger charge is -2.41. The van der Waals surface area contributed by atoms with Gasteiger partial charge in [-0.1, -0.05) is 67.1 Å². The first-order chi connectivity index (χ1) is 16.7. The van der Waals surface area contributed by atoms with Gasteiger partial charge in [-0.25, -0.2) is 4.98 Å². The van der Waals surface area contributed by atoms with Crippen LogP contribution in [0.15, 0.2) is 54.6 Å². The molecule has 1 aromatic heterocycles. The summed E-state index contributed by atoms with van der Waals surface area (Å²) in [6, 6.07) is 14.0. The van der Waals surface area contributed by atoms with Crippen molar-refractivity contribution in [1.29, 1.82) is 0 Å². The van der Waals surface area contributed by atoms with E-state index in [1.165, 1.54) is 12.1 Å². The lowest BCUT2D eigenvalue weighted by molar-refractivity contribution is -0.137. The van der Waals surface area contributed by atoms with E-state index < -0.39 is 17.8 Å². The summed E-state index contributed by atoms with van der Waals surface area (Å²) in [5, 5.41) is 3.15. The van der Waals surface area contributed by atoms with E-state index in [1.54, 1.807) is 13.1 Å². The zero-order valence-electron chi connectivity index (χ0n) is 19.6. The van der Waals surface area contributed by atoms with Gasteiger partial charge in [0.1, 0.15) is 11.9 Å². The van der Waals surface area contributed by atoms with Crippen LogP contribution in [0.5, 0.6) is 0 Å². The fourth-order valence-corrected chi connectivity index (χ4v) is 5.26. The van der Waals surface area contributed by atoms with E-state index in [9.17, 15) is 18.0 Å². The van der Waals surface area contributed by atoms with Crippen molar-refractivity contribution < 1.29 is 18.0 Å². The summed E-state index contributed by atoms with van der Waals surface area (Å²) in [7, 11) is 1.60. The largest absolute Gasteiger partial charge is 0.416 e. The molecule has 0 bridgehead atoms. The van der Waals surface area contributed by atoms with Gasteiger partial charge in [0.15, 0.2) is 5.15 Å². The number of rotatable bonds is 7. The molecule has 4 rings (SSSR count). The third-order valence-corrected chi connectivity index (χ3v) is 6.84. The maximum absolute atomic E-state index is 13.3. The van der Waals surface area contributed by atoms with Gasteiger partial charge in [0.05, 0.1) is 17.3 Å². The molecule has 2 atom stereocenters. The van der Waals surface area contributed by atoms with E-state index in [-0.39, 0.29) is 11.9 Å².